The van der Waals surface area contributed by atoms with Gasteiger partial charge in [-0.1, -0.05) is 18.2 Å². The molecule has 0 amide bonds. The Hall–Kier alpha value is -2.37. The highest BCUT2D eigenvalue weighted by Crippen LogP contribution is 2.16. The lowest BCUT2D eigenvalue weighted by Crippen LogP contribution is -2.07. The summed E-state index contributed by atoms with van der Waals surface area (Å²) in [4.78, 5) is 15.6. The highest BCUT2D eigenvalue weighted by Gasteiger charge is 2.22. The number of allylic oxidation sites excluding steroid dienone is 2. The summed E-state index contributed by atoms with van der Waals surface area (Å²) in [5.74, 6) is 0.141. The van der Waals surface area contributed by atoms with E-state index in [-0.39, 0.29) is 12.5 Å². The number of carbonyl (C=O) groups excluding carboxylic acids is 1. The van der Waals surface area contributed by atoms with Gasteiger partial charge in [0.05, 0.1) is 5.52 Å². The number of nitrogens with one attached hydrogen (secondary N) is 1. The lowest BCUT2D eigenvalue weighted by Gasteiger charge is -2.06. The molecule has 22 heavy (non-hydrogen) atoms. The van der Waals surface area contributed by atoms with E-state index in [1.165, 1.54) is 0 Å². The second-order valence-corrected chi connectivity index (χ2v) is 4.76. The zero-order chi connectivity index (χ0) is 16.0. The van der Waals surface area contributed by atoms with E-state index in [4.69, 9.17) is 0 Å². The van der Waals surface area contributed by atoms with Gasteiger partial charge in [0.15, 0.2) is 5.78 Å². The summed E-state index contributed by atoms with van der Waals surface area (Å²) in [5, 5.41) is 4.08. The summed E-state index contributed by atoms with van der Waals surface area (Å²) in [6, 6.07) is 11.4. The minimum Gasteiger partial charge on any atom is -0.370 e. The van der Waals surface area contributed by atoms with E-state index in [2.05, 4.69) is 10.3 Å². The van der Waals surface area contributed by atoms with Crippen LogP contribution in [-0.2, 0) is 4.79 Å². The number of hydrogen-bond donors (Lipinski definition) is 1. The smallest absolute Gasteiger partial charge is 0.370 e. The first-order valence-corrected chi connectivity index (χ1v) is 6.82. The molecule has 0 aliphatic heterocycles. The molecule has 6 heteroatoms. The molecule has 2 aromatic rings. The molecule has 0 unspecified atom stereocenters. The van der Waals surface area contributed by atoms with Crippen molar-refractivity contribution in [3.63, 3.8) is 0 Å². The molecule has 2 rings (SSSR count). The summed E-state index contributed by atoms with van der Waals surface area (Å²) in [7, 11) is 0. The summed E-state index contributed by atoms with van der Waals surface area (Å²) in [6.07, 6.45) is -3.40. The lowest BCUT2D eigenvalue weighted by molar-refractivity contribution is -0.115. The predicted octanol–water partition coefficient (Wildman–Crippen LogP) is 4.11. The standard InChI is InChI=1S/C16H15F3N2O/c17-16(18,19)10-9-13(22)5-3-11-20-15-8-7-12-4-1-2-6-14(12)21-15/h1-2,4,6-10H,3,5,11H2,(H,20,21)/b10-9+. The molecule has 0 fully saturated rings. The van der Waals surface area contributed by atoms with E-state index in [0.717, 1.165) is 10.9 Å². The number of pyridine rings is 1. The highest BCUT2D eigenvalue weighted by atomic mass is 19.4. The Balaban J connectivity index is 1.78. The topological polar surface area (TPSA) is 42.0 Å². The Kier molecular flexibility index (Phi) is 5.14. The molecule has 0 atom stereocenters. The Bertz CT molecular complexity index is 680. The van der Waals surface area contributed by atoms with Crippen LogP contribution in [-0.4, -0.2) is 23.5 Å². The van der Waals surface area contributed by atoms with Gasteiger partial charge in [0.1, 0.15) is 5.82 Å². The van der Waals surface area contributed by atoms with E-state index in [1.807, 2.05) is 36.4 Å². The number of halogens is 3. The molecule has 1 N–H and O–H groups in total. The van der Waals surface area contributed by atoms with Gasteiger partial charge < -0.3 is 5.32 Å². The second kappa shape index (κ2) is 7.06. The van der Waals surface area contributed by atoms with Crippen LogP contribution in [0.2, 0.25) is 0 Å². The minimum atomic E-state index is -4.44. The normalized spacial score (nSPS) is 12.0. The quantitative estimate of drug-likeness (QED) is 0.645. The van der Waals surface area contributed by atoms with Crippen molar-refractivity contribution >= 4 is 22.5 Å². The third kappa shape index (κ3) is 5.20. The van der Waals surface area contributed by atoms with Gasteiger partial charge in [-0.15, -0.1) is 0 Å². The van der Waals surface area contributed by atoms with Crippen LogP contribution in [0.15, 0.2) is 48.6 Å². The fraction of sp³-hybridized carbons (Fsp3) is 0.250. The number of anilines is 1. The van der Waals surface area contributed by atoms with Crippen molar-refractivity contribution in [2.75, 3.05) is 11.9 Å². The maximum absolute atomic E-state index is 11.9. The van der Waals surface area contributed by atoms with Gasteiger partial charge in [-0.25, -0.2) is 4.98 Å². The first kappa shape index (κ1) is 16.0. The van der Waals surface area contributed by atoms with Crippen molar-refractivity contribution in [3.8, 4) is 0 Å². The van der Waals surface area contributed by atoms with Crippen molar-refractivity contribution in [3.05, 3.63) is 48.6 Å². The van der Waals surface area contributed by atoms with E-state index < -0.39 is 12.0 Å². The van der Waals surface area contributed by atoms with Gasteiger partial charge in [-0.3, -0.25) is 4.79 Å². The number of benzene rings is 1. The van der Waals surface area contributed by atoms with Crippen LogP contribution in [0.3, 0.4) is 0 Å². The minimum absolute atomic E-state index is 0.0341. The monoisotopic (exact) mass is 308 g/mol. The van der Waals surface area contributed by atoms with Gasteiger partial charge in [-0.05, 0) is 30.7 Å². The Morgan fingerprint density at radius 2 is 1.95 bits per heavy atom. The van der Waals surface area contributed by atoms with Crippen molar-refractivity contribution < 1.29 is 18.0 Å². The maximum atomic E-state index is 11.9. The fourth-order valence-corrected chi connectivity index (χ4v) is 1.91. The van der Waals surface area contributed by atoms with Crippen LogP contribution >= 0.6 is 0 Å². The summed E-state index contributed by atoms with van der Waals surface area (Å²) < 4.78 is 35.7. The molecule has 0 radical (unpaired) electrons. The number of rotatable bonds is 6. The van der Waals surface area contributed by atoms with E-state index >= 15 is 0 Å². The number of hydrogen-bond acceptors (Lipinski definition) is 3. The number of alkyl halides is 3. The molecule has 0 bridgehead atoms. The van der Waals surface area contributed by atoms with Crippen LogP contribution in [0, 0.1) is 0 Å². The Morgan fingerprint density at radius 3 is 2.73 bits per heavy atom. The molecule has 1 aromatic carbocycles. The zero-order valence-electron chi connectivity index (χ0n) is 11.7. The predicted molar refractivity (Wildman–Crippen MR) is 79.7 cm³/mol. The first-order chi connectivity index (χ1) is 10.4. The number of ketones is 1. The van der Waals surface area contributed by atoms with Crippen LogP contribution in [0.1, 0.15) is 12.8 Å². The number of para-hydroxylation sites is 1. The fourth-order valence-electron chi connectivity index (χ4n) is 1.91. The second-order valence-electron chi connectivity index (χ2n) is 4.76. The molecular weight excluding hydrogens is 293 g/mol. The lowest BCUT2D eigenvalue weighted by atomic mass is 10.2. The van der Waals surface area contributed by atoms with E-state index in [9.17, 15) is 18.0 Å². The molecule has 116 valence electrons. The molecule has 0 saturated heterocycles. The first-order valence-electron chi connectivity index (χ1n) is 6.82. The van der Waals surface area contributed by atoms with Gasteiger partial charge in [0, 0.05) is 24.4 Å². The molecule has 3 nitrogen and oxygen atoms in total. The van der Waals surface area contributed by atoms with E-state index in [0.29, 0.717) is 24.9 Å². The molecule has 0 aliphatic rings. The average Bonchev–Trinajstić information content (AvgIpc) is 2.49. The third-order valence-corrected chi connectivity index (χ3v) is 2.96. The molecule has 1 heterocycles. The number of nitrogens with zero attached hydrogens (tertiary/aromatic N) is 1. The van der Waals surface area contributed by atoms with Gasteiger partial charge in [0.2, 0.25) is 0 Å². The van der Waals surface area contributed by atoms with Gasteiger partial charge >= 0.3 is 6.18 Å². The molecule has 0 saturated carbocycles. The third-order valence-electron chi connectivity index (χ3n) is 2.96. The van der Waals surface area contributed by atoms with Crippen LogP contribution in [0.4, 0.5) is 19.0 Å². The molecule has 1 aromatic heterocycles. The number of fused-ring (bicyclic) bond motifs is 1. The molecule has 0 aliphatic carbocycles. The summed E-state index contributed by atoms with van der Waals surface area (Å²) >= 11 is 0. The van der Waals surface area contributed by atoms with Gasteiger partial charge in [-0.2, -0.15) is 13.2 Å². The molecule has 0 spiro atoms. The Morgan fingerprint density at radius 1 is 1.18 bits per heavy atom. The zero-order valence-corrected chi connectivity index (χ0v) is 11.7. The number of aromatic nitrogens is 1. The maximum Gasteiger partial charge on any atom is 0.409 e. The largest absolute Gasteiger partial charge is 0.409 e. The van der Waals surface area contributed by atoms with Crippen molar-refractivity contribution in [2.45, 2.75) is 19.0 Å². The highest BCUT2D eigenvalue weighted by molar-refractivity contribution is 5.89. The van der Waals surface area contributed by atoms with Crippen molar-refractivity contribution in [1.29, 1.82) is 0 Å². The summed E-state index contributed by atoms with van der Waals surface area (Å²) in [5.41, 5.74) is 0.858. The molecular formula is C16H15F3N2O. The van der Waals surface area contributed by atoms with Crippen molar-refractivity contribution in [2.24, 2.45) is 0 Å². The van der Waals surface area contributed by atoms with Crippen LogP contribution in [0.5, 0.6) is 0 Å². The average molecular weight is 308 g/mol. The Labute approximate surface area is 125 Å². The summed E-state index contributed by atoms with van der Waals surface area (Å²) in [6.45, 7) is 0.469. The van der Waals surface area contributed by atoms with Crippen LogP contribution < -0.4 is 5.32 Å². The van der Waals surface area contributed by atoms with Crippen LogP contribution in [0.25, 0.3) is 10.9 Å². The van der Waals surface area contributed by atoms with Gasteiger partial charge in [0.25, 0.3) is 0 Å². The number of carbonyl (C=O) groups is 1. The van der Waals surface area contributed by atoms with E-state index in [1.54, 1.807) is 0 Å². The van der Waals surface area contributed by atoms with Crippen molar-refractivity contribution in [1.82, 2.24) is 4.98 Å². The SMILES string of the molecule is O=C(/C=C/C(F)(F)F)CCCNc1ccc2ccccc2n1.